The molecule has 2 rings (SSSR count). The molecule has 0 radical (unpaired) electrons. The lowest BCUT2D eigenvalue weighted by atomic mass is 10.3. The Morgan fingerprint density at radius 1 is 1.25 bits per heavy atom. The van der Waals surface area contributed by atoms with E-state index < -0.39 is 0 Å². The van der Waals surface area contributed by atoms with E-state index in [4.69, 9.17) is 17.3 Å². The van der Waals surface area contributed by atoms with E-state index in [1.165, 1.54) is 18.2 Å². The van der Waals surface area contributed by atoms with Crippen molar-refractivity contribution in [3.05, 3.63) is 47.2 Å². The minimum Gasteiger partial charge on any atom is -0.384 e. The van der Waals surface area contributed by atoms with Crippen LogP contribution in [0.5, 0.6) is 0 Å². The number of benzene rings is 1. The number of pyridine rings is 1. The smallest absolute Gasteiger partial charge is 0.132 e. The van der Waals surface area contributed by atoms with Crippen LogP contribution in [0.3, 0.4) is 0 Å². The maximum absolute atomic E-state index is 13.0. The van der Waals surface area contributed by atoms with E-state index in [0.717, 1.165) is 0 Å². The normalized spacial score (nSPS) is 10.1. The van der Waals surface area contributed by atoms with E-state index in [1.807, 2.05) is 0 Å². The van der Waals surface area contributed by atoms with E-state index >= 15 is 0 Å². The summed E-state index contributed by atoms with van der Waals surface area (Å²) in [6, 6.07) is 9.20. The molecular formula is C11H9ClFN3. The average molecular weight is 238 g/mol. The molecule has 1 aromatic heterocycles. The summed E-state index contributed by atoms with van der Waals surface area (Å²) in [5.74, 6) is 0.542. The molecule has 0 amide bonds. The van der Waals surface area contributed by atoms with Gasteiger partial charge in [0.05, 0.1) is 10.7 Å². The van der Waals surface area contributed by atoms with E-state index in [0.29, 0.717) is 22.3 Å². The molecule has 3 nitrogen and oxygen atoms in total. The summed E-state index contributed by atoms with van der Waals surface area (Å²) >= 11 is 5.90. The summed E-state index contributed by atoms with van der Waals surface area (Å²) in [6.07, 6.45) is 0. The Morgan fingerprint density at radius 3 is 2.81 bits per heavy atom. The zero-order chi connectivity index (χ0) is 11.5. The highest BCUT2D eigenvalue weighted by atomic mass is 35.5. The second-order valence-corrected chi connectivity index (χ2v) is 3.60. The van der Waals surface area contributed by atoms with Gasteiger partial charge in [0.1, 0.15) is 17.5 Å². The summed E-state index contributed by atoms with van der Waals surface area (Å²) in [4.78, 5) is 4.02. The number of hydrogen-bond acceptors (Lipinski definition) is 3. The fourth-order valence-corrected chi connectivity index (χ4v) is 1.42. The van der Waals surface area contributed by atoms with Crippen molar-refractivity contribution >= 4 is 28.9 Å². The van der Waals surface area contributed by atoms with Crippen molar-refractivity contribution < 1.29 is 4.39 Å². The van der Waals surface area contributed by atoms with Crippen molar-refractivity contribution in [1.82, 2.24) is 4.98 Å². The molecule has 0 saturated heterocycles. The first kappa shape index (κ1) is 10.7. The second kappa shape index (κ2) is 4.37. The molecule has 0 aliphatic rings. The van der Waals surface area contributed by atoms with Gasteiger partial charge < -0.3 is 11.1 Å². The number of nitrogens with zero attached hydrogens (tertiary/aromatic N) is 1. The van der Waals surface area contributed by atoms with Gasteiger partial charge in [-0.25, -0.2) is 9.37 Å². The first-order chi connectivity index (χ1) is 7.65. The number of nitrogen functional groups attached to an aromatic ring is 1. The van der Waals surface area contributed by atoms with Crippen LogP contribution < -0.4 is 11.1 Å². The molecule has 0 spiro atoms. The van der Waals surface area contributed by atoms with Crippen LogP contribution in [0, 0.1) is 5.82 Å². The van der Waals surface area contributed by atoms with Crippen LogP contribution in [0.4, 0.5) is 21.7 Å². The third-order valence-electron chi connectivity index (χ3n) is 1.96. The van der Waals surface area contributed by atoms with Crippen LogP contribution in [0.2, 0.25) is 5.02 Å². The Bertz CT molecular complexity index is 516. The Hall–Kier alpha value is -1.81. The topological polar surface area (TPSA) is 50.9 Å². The number of nitrogens with one attached hydrogen (secondary N) is 1. The molecule has 0 aliphatic carbocycles. The second-order valence-electron chi connectivity index (χ2n) is 3.20. The zero-order valence-corrected chi connectivity index (χ0v) is 9.00. The van der Waals surface area contributed by atoms with Gasteiger partial charge >= 0.3 is 0 Å². The maximum atomic E-state index is 13.0. The molecule has 0 saturated carbocycles. The highest BCUT2D eigenvalue weighted by molar-refractivity contribution is 6.33. The molecule has 2 aromatic rings. The van der Waals surface area contributed by atoms with Crippen molar-refractivity contribution in [2.75, 3.05) is 11.1 Å². The minimum absolute atomic E-state index is 0.365. The SMILES string of the molecule is Nc1cccc(Nc2cc(F)ccc2Cl)n1. The number of rotatable bonds is 2. The molecule has 82 valence electrons. The van der Waals surface area contributed by atoms with Crippen LogP contribution in [-0.4, -0.2) is 4.98 Å². The molecular weight excluding hydrogens is 229 g/mol. The van der Waals surface area contributed by atoms with Gasteiger partial charge in [-0.15, -0.1) is 0 Å². The lowest BCUT2D eigenvalue weighted by molar-refractivity contribution is 0.628. The average Bonchev–Trinajstić information content (AvgIpc) is 2.24. The summed E-state index contributed by atoms with van der Waals surface area (Å²) in [5, 5.41) is 3.31. The molecule has 1 heterocycles. The monoisotopic (exact) mass is 237 g/mol. The largest absolute Gasteiger partial charge is 0.384 e. The lowest BCUT2D eigenvalue weighted by Gasteiger charge is -2.07. The Labute approximate surface area is 97.1 Å². The minimum atomic E-state index is -0.365. The van der Waals surface area contributed by atoms with Gasteiger partial charge in [-0.3, -0.25) is 0 Å². The molecule has 1 aromatic carbocycles. The molecule has 0 unspecified atom stereocenters. The van der Waals surface area contributed by atoms with Gasteiger partial charge in [0.2, 0.25) is 0 Å². The number of halogens is 2. The predicted molar refractivity (Wildman–Crippen MR) is 63.3 cm³/mol. The molecule has 0 atom stereocenters. The summed E-state index contributed by atoms with van der Waals surface area (Å²) in [7, 11) is 0. The maximum Gasteiger partial charge on any atom is 0.132 e. The first-order valence-electron chi connectivity index (χ1n) is 4.60. The number of nitrogens with two attached hydrogens (primary N) is 1. The number of anilines is 3. The van der Waals surface area contributed by atoms with Gasteiger partial charge in [0.25, 0.3) is 0 Å². The van der Waals surface area contributed by atoms with Gasteiger partial charge in [-0.1, -0.05) is 17.7 Å². The lowest BCUT2D eigenvalue weighted by Crippen LogP contribution is -1.97. The van der Waals surface area contributed by atoms with Crippen LogP contribution in [0.15, 0.2) is 36.4 Å². The van der Waals surface area contributed by atoms with Crippen molar-refractivity contribution in [3.8, 4) is 0 Å². The van der Waals surface area contributed by atoms with Crippen LogP contribution in [0.25, 0.3) is 0 Å². The highest BCUT2D eigenvalue weighted by Crippen LogP contribution is 2.25. The molecule has 0 aliphatic heterocycles. The fraction of sp³-hybridized carbons (Fsp3) is 0. The Balaban J connectivity index is 2.30. The first-order valence-corrected chi connectivity index (χ1v) is 4.97. The molecule has 0 bridgehead atoms. The standard InChI is InChI=1S/C11H9ClFN3/c12-8-5-4-7(13)6-9(8)15-11-3-1-2-10(14)16-11/h1-6H,(H3,14,15,16). The number of aromatic nitrogens is 1. The van der Waals surface area contributed by atoms with Gasteiger partial charge in [-0.2, -0.15) is 0 Å². The number of hydrogen-bond donors (Lipinski definition) is 2. The molecule has 5 heteroatoms. The van der Waals surface area contributed by atoms with Gasteiger partial charge in [0, 0.05) is 0 Å². The Morgan fingerprint density at radius 2 is 2.06 bits per heavy atom. The van der Waals surface area contributed by atoms with Crippen molar-refractivity contribution in [2.45, 2.75) is 0 Å². The Kier molecular flexibility index (Phi) is 2.92. The van der Waals surface area contributed by atoms with E-state index in [-0.39, 0.29) is 5.82 Å². The summed E-state index contributed by atoms with van der Waals surface area (Å²) in [5.41, 5.74) is 5.98. The predicted octanol–water partition coefficient (Wildman–Crippen LogP) is 3.20. The van der Waals surface area contributed by atoms with Gasteiger partial charge in [-0.05, 0) is 30.3 Å². The van der Waals surface area contributed by atoms with E-state index in [9.17, 15) is 4.39 Å². The fourth-order valence-electron chi connectivity index (χ4n) is 1.25. The third-order valence-corrected chi connectivity index (χ3v) is 2.29. The highest BCUT2D eigenvalue weighted by Gasteiger charge is 2.03. The third kappa shape index (κ3) is 2.41. The molecule has 0 fully saturated rings. The molecule has 3 N–H and O–H groups in total. The molecule has 16 heavy (non-hydrogen) atoms. The van der Waals surface area contributed by atoms with Crippen molar-refractivity contribution in [1.29, 1.82) is 0 Å². The van der Waals surface area contributed by atoms with E-state index in [2.05, 4.69) is 10.3 Å². The summed E-state index contributed by atoms with van der Waals surface area (Å²) < 4.78 is 13.0. The van der Waals surface area contributed by atoms with Crippen LogP contribution in [0.1, 0.15) is 0 Å². The van der Waals surface area contributed by atoms with Crippen LogP contribution in [-0.2, 0) is 0 Å². The van der Waals surface area contributed by atoms with Crippen LogP contribution >= 0.6 is 11.6 Å². The summed E-state index contributed by atoms with van der Waals surface area (Å²) in [6.45, 7) is 0. The zero-order valence-electron chi connectivity index (χ0n) is 8.24. The quantitative estimate of drug-likeness (QED) is 0.843. The van der Waals surface area contributed by atoms with Crippen molar-refractivity contribution in [2.24, 2.45) is 0 Å². The van der Waals surface area contributed by atoms with Crippen molar-refractivity contribution in [3.63, 3.8) is 0 Å². The van der Waals surface area contributed by atoms with E-state index in [1.54, 1.807) is 18.2 Å². The van der Waals surface area contributed by atoms with Gasteiger partial charge in [0.15, 0.2) is 0 Å².